The molecule has 4 rings (SSSR count). The smallest absolute Gasteiger partial charge is 0.337 e. The monoisotopic (exact) mass is 718 g/mol. The topological polar surface area (TPSA) is 133 Å². The lowest BCUT2D eigenvalue weighted by atomic mass is 10.1. The second-order valence-electron chi connectivity index (χ2n) is 14.3. The van der Waals surface area contributed by atoms with Gasteiger partial charge in [-0.3, -0.25) is 14.4 Å². The van der Waals surface area contributed by atoms with Gasteiger partial charge < -0.3 is 19.7 Å². The van der Waals surface area contributed by atoms with Crippen molar-refractivity contribution in [2.45, 2.75) is 110 Å². The molecule has 3 N–H and O–H groups in total. The summed E-state index contributed by atoms with van der Waals surface area (Å²) in [5.41, 5.74) is 3.64. The van der Waals surface area contributed by atoms with Crippen molar-refractivity contribution in [3.8, 4) is 0 Å². The number of carbonyl (C=O) groups excluding carboxylic acids is 4. The quantitative estimate of drug-likeness (QED) is 0.161. The summed E-state index contributed by atoms with van der Waals surface area (Å²) in [6, 6.07) is 25.1. The minimum absolute atomic E-state index is 0.0110. The number of imide groups is 1. The molecule has 1 fully saturated rings. The maximum atomic E-state index is 12.1. The van der Waals surface area contributed by atoms with Crippen LogP contribution in [0.4, 0.5) is 0 Å². The first-order valence-corrected chi connectivity index (χ1v) is 21.7. The molecule has 0 radical (unpaired) electrons. The molecule has 270 valence electrons. The van der Waals surface area contributed by atoms with E-state index in [9.17, 15) is 28.8 Å². The zero-order valence-corrected chi connectivity index (χ0v) is 32.7. The lowest BCUT2D eigenvalue weighted by Gasteiger charge is -2.33. The van der Waals surface area contributed by atoms with Crippen molar-refractivity contribution in [3.63, 3.8) is 0 Å². The van der Waals surface area contributed by atoms with Gasteiger partial charge in [-0.25, -0.2) is 4.79 Å². The third kappa shape index (κ3) is 10.1. The summed E-state index contributed by atoms with van der Waals surface area (Å²) in [5.74, 6) is -1.62. The van der Waals surface area contributed by atoms with Gasteiger partial charge in [0.2, 0.25) is 22.5 Å². The predicted molar refractivity (Wildman–Crippen MR) is 201 cm³/mol. The Hall–Kier alpha value is -3.91. The molecule has 9 nitrogen and oxygen atoms in total. The standard InChI is InChI=1S/C21H29NO2Si.C18H25NO5Si/c1-16(2)25(24,17(3)4)20-12-10-18(11-13-20)14-21(23)22-15-19-8-6-5-7-9-19;1-12(2)25(23,13(3)4)15-7-5-14(6-8-15)11-18(22)24-19-16(20)9-10-17(19)21/h5-13,16-17,24H,14-15H2,1-4H3,(H,22,23);5-8,12-13,23H,9-11H2,1-4H3. The first-order chi connectivity index (χ1) is 23.5. The molecular weight excluding hydrogens is 665 g/mol. The number of hydroxylamine groups is 2. The van der Waals surface area contributed by atoms with Crippen LogP contribution in [0.1, 0.15) is 84.9 Å². The maximum absolute atomic E-state index is 12.1. The first kappa shape index (κ1) is 40.5. The Bertz CT molecular complexity index is 1560. The van der Waals surface area contributed by atoms with Crippen molar-refractivity contribution in [3.05, 3.63) is 95.6 Å². The van der Waals surface area contributed by atoms with Crippen LogP contribution < -0.4 is 15.7 Å². The number of rotatable bonds is 13. The molecular formula is C39H54N2O7Si2. The van der Waals surface area contributed by atoms with E-state index in [1.165, 1.54) is 0 Å². The van der Waals surface area contributed by atoms with Crippen LogP contribution in [0, 0.1) is 0 Å². The number of hydrogen-bond donors (Lipinski definition) is 3. The van der Waals surface area contributed by atoms with Crippen LogP contribution in [0.25, 0.3) is 0 Å². The lowest BCUT2D eigenvalue weighted by Crippen LogP contribution is -2.53. The summed E-state index contributed by atoms with van der Waals surface area (Å²) >= 11 is 0. The zero-order chi connectivity index (χ0) is 37.2. The highest BCUT2D eigenvalue weighted by Crippen LogP contribution is 2.30. The Morgan fingerprint density at radius 3 is 1.44 bits per heavy atom. The average Bonchev–Trinajstić information content (AvgIpc) is 3.39. The van der Waals surface area contributed by atoms with E-state index in [0.717, 1.165) is 21.5 Å². The molecule has 11 heteroatoms. The number of hydrogen-bond acceptors (Lipinski definition) is 7. The van der Waals surface area contributed by atoms with E-state index in [-0.39, 0.29) is 47.3 Å². The number of amides is 3. The Morgan fingerprint density at radius 1 is 0.640 bits per heavy atom. The van der Waals surface area contributed by atoms with Gasteiger partial charge in [-0.1, -0.05) is 134 Å². The normalized spacial score (nSPS) is 13.6. The summed E-state index contributed by atoms with van der Waals surface area (Å²) in [6.07, 6.45) is 0.472. The summed E-state index contributed by atoms with van der Waals surface area (Å²) in [6.45, 7) is 17.0. The van der Waals surface area contributed by atoms with Gasteiger partial charge in [0.25, 0.3) is 11.8 Å². The van der Waals surface area contributed by atoms with Gasteiger partial charge >= 0.3 is 5.97 Å². The minimum atomic E-state index is -2.60. The van der Waals surface area contributed by atoms with Crippen molar-refractivity contribution < 1.29 is 33.6 Å². The highest BCUT2D eigenvalue weighted by molar-refractivity contribution is 6.88. The van der Waals surface area contributed by atoms with Gasteiger partial charge in [-0.05, 0) is 49.2 Å². The zero-order valence-electron chi connectivity index (χ0n) is 30.7. The van der Waals surface area contributed by atoms with E-state index in [4.69, 9.17) is 4.84 Å². The van der Waals surface area contributed by atoms with Gasteiger partial charge in [0.1, 0.15) is 0 Å². The van der Waals surface area contributed by atoms with Crippen molar-refractivity contribution in [1.29, 1.82) is 0 Å². The van der Waals surface area contributed by atoms with Gasteiger partial charge in [-0.15, -0.1) is 5.06 Å². The van der Waals surface area contributed by atoms with Gasteiger partial charge in [0, 0.05) is 19.4 Å². The molecule has 0 bridgehead atoms. The van der Waals surface area contributed by atoms with Crippen LogP contribution in [0.15, 0.2) is 78.9 Å². The largest absolute Gasteiger partial charge is 0.427 e. The molecule has 3 amide bonds. The first-order valence-electron chi connectivity index (χ1n) is 17.5. The van der Waals surface area contributed by atoms with Gasteiger partial charge in [-0.2, -0.15) is 0 Å². The van der Waals surface area contributed by atoms with E-state index in [2.05, 4.69) is 33.0 Å². The molecule has 1 aliphatic heterocycles. The Balaban J connectivity index is 0.000000270. The average molecular weight is 719 g/mol. The summed E-state index contributed by atoms with van der Waals surface area (Å²) in [5, 5.41) is 5.48. The minimum Gasteiger partial charge on any atom is -0.427 e. The summed E-state index contributed by atoms with van der Waals surface area (Å²) in [4.78, 5) is 74.2. The third-order valence-electron chi connectivity index (χ3n) is 9.60. The Labute approximate surface area is 299 Å². The fourth-order valence-corrected chi connectivity index (χ4v) is 13.2. The molecule has 0 aromatic heterocycles. The number of nitrogens with one attached hydrogen (secondary N) is 1. The number of nitrogens with zero attached hydrogens (tertiary/aromatic N) is 1. The van der Waals surface area contributed by atoms with E-state index in [0.29, 0.717) is 23.6 Å². The van der Waals surface area contributed by atoms with Crippen LogP contribution in [0.3, 0.4) is 0 Å². The van der Waals surface area contributed by atoms with Crippen LogP contribution in [0.2, 0.25) is 22.2 Å². The molecule has 3 aromatic rings. The summed E-state index contributed by atoms with van der Waals surface area (Å²) < 4.78 is 0. The van der Waals surface area contributed by atoms with Crippen LogP contribution >= 0.6 is 0 Å². The van der Waals surface area contributed by atoms with Gasteiger partial charge in [0.15, 0.2) is 0 Å². The molecule has 0 unspecified atom stereocenters. The molecule has 0 spiro atoms. The second kappa shape index (κ2) is 17.8. The third-order valence-corrected chi connectivity index (χ3v) is 19.2. The number of carbonyl (C=O) groups is 4. The van der Waals surface area contributed by atoms with Crippen LogP contribution in [-0.2, 0) is 43.4 Å². The Morgan fingerprint density at radius 2 is 1.04 bits per heavy atom. The number of benzene rings is 3. The van der Waals surface area contributed by atoms with E-state index in [1.807, 2.05) is 94.4 Å². The fourth-order valence-electron chi connectivity index (χ4n) is 6.45. The molecule has 50 heavy (non-hydrogen) atoms. The predicted octanol–water partition coefficient (Wildman–Crippen LogP) is 5.31. The van der Waals surface area contributed by atoms with E-state index < -0.39 is 34.4 Å². The highest BCUT2D eigenvalue weighted by atomic mass is 28.4. The lowest BCUT2D eigenvalue weighted by molar-refractivity contribution is -0.197. The van der Waals surface area contributed by atoms with Crippen molar-refractivity contribution in [1.82, 2.24) is 10.4 Å². The molecule has 1 aliphatic rings. The maximum Gasteiger partial charge on any atom is 0.337 e. The molecule has 0 atom stereocenters. The molecule has 1 heterocycles. The van der Waals surface area contributed by atoms with Crippen molar-refractivity contribution in [2.75, 3.05) is 0 Å². The molecule has 3 aromatic carbocycles. The van der Waals surface area contributed by atoms with E-state index >= 15 is 0 Å². The van der Waals surface area contributed by atoms with Crippen molar-refractivity contribution >= 4 is 50.7 Å². The molecule has 0 aliphatic carbocycles. The fraction of sp³-hybridized carbons (Fsp3) is 0.436. The second-order valence-corrected chi connectivity index (χ2v) is 23.4. The van der Waals surface area contributed by atoms with Crippen LogP contribution in [-0.4, -0.2) is 55.0 Å². The Kier molecular flexibility index (Phi) is 14.5. The summed E-state index contributed by atoms with van der Waals surface area (Å²) in [7, 11) is -5.11. The van der Waals surface area contributed by atoms with Crippen molar-refractivity contribution in [2.24, 2.45) is 0 Å². The molecule has 0 saturated carbocycles. The highest BCUT2D eigenvalue weighted by Gasteiger charge is 2.41. The molecule has 1 saturated heterocycles. The van der Waals surface area contributed by atoms with Crippen LogP contribution in [0.5, 0.6) is 0 Å². The SMILES string of the molecule is CC(C)[Si](O)(c1ccc(CC(=O)NCc2ccccc2)cc1)C(C)C.CC(C)[Si](O)(c1ccc(CC(=O)ON2C(=O)CCC2=O)cc1)C(C)C. The van der Waals surface area contributed by atoms with E-state index in [1.54, 1.807) is 12.1 Å². The van der Waals surface area contributed by atoms with Gasteiger partial charge in [0.05, 0.1) is 12.8 Å².